The number of hydrogen-bond donors (Lipinski definition) is 1. The Bertz CT molecular complexity index is 1710. The SMILES string of the molecule is Cc1ccc2nc(N3C(=O)C(=O)C(=C(O)c4ccc5c(c4)C[C@H](C)O5)[C@H]3c3cccc(OCCC(C)C)c3)sc2c1. The van der Waals surface area contributed by atoms with Gasteiger partial charge in [-0.25, -0.2) is 4.98 Å². The lowest BCUT2D eigenvalue weighted by Gasteiger charge is -2.23. The molecule has 210 valence electrons. The number of Topliss-reactive ketones (excluding diaryl/α,β-unsaturated/α-hetero) is 1. The molecule has 0 bridgehead atoms. The number of carbonyl (C=O) groups excluding carboxylic acids is 2. The molecule has 1 N–H and O–H groups in total. The molecule has 4 aromatic rings. The van der Waals surface area contributed by atoms with Crippen molar-refractivity contribution in [2.24, 2.45) is 5.92 Å². The van der Waals surface area contributed by atoms with Gasteiger partial charge in [0.15, 0.2) is 5.13 Å². The zero-order valence-electron chi connectivity index (χ0n) is 23.5. The zero-order chi connectivity index (χ0) is 28.8. The highest BCUT2D eigenvalue weighted by molar-refractivity contribution is 7.22. The molecule has 2 aliphatic heterocycles. The van der Waals surface area contributed by atoms with Crippen LogP contribution in [0, 0.1) is 12.8 Å². The first-order chi connectivity index (χ1) is 19.7. The van der Waals surface area contributed by atoms with Crippen LogP contribution in [0.3, 0.4) is 0 Å². The van der Waals surface area contributed by atoms with Crippen molar-refractivity contribution in [1.29, 1.82) is 0 Å². The lowest BCUT2D eigenvalue weighted by Crippen LogP contribution is -2.29. The fourth-order valence-corrected chi connectivity index (χ4v) is 6.47. The Morgan fingerprint density at radius 2 is 1.98 bits per heavy atom. The summed E-state index contributed by atoms with van der Waals surface area (Å²) in [6.07, 6.45) is 1.64. The third-order valence-electron chi connectivity index (χ3n) is 7.49. The molecule has 8 heteroatoms. The normalized spacial score (nSPS) is 19.7. The summed E-state index contributed by atoms with van der Waals surface area (Å²) in [5, 5.41) is 12.0. The summed E-state index contributed by atoms with van der Waals surface area (Å²) in [6, 6.07) is 17.8. The van der Waals surface area contributed by atoms with E-state index in [1.807, 2.05) is 62.4 Å². The van der Waals surface area contributed by atoms with Gasteiger partial charge >= 0.3 is 5.91 Å². The van der Waals surface area contributed by atoms with Crippen molar-refractivity contribution < 1.29 is 24.2 Å². The maximum Gasteiger partial charge on any atom is 0.301 e. The van der Waals surface area contributed by atoms with Gasteiger partial charge in [-0.3, -0.25) is 14.5 Å². The van der Waals surface area contributed by atoms with Crippen LogP contribution in [0.25, 0.3) is 16.0 Å². The van der Waals surface area contributed by atoms with Crippen LogP contribution in [0.2, 0.25) is 0 Å². The molecular weight excluding hydrogens is 536 g/mol. The second kappa shape index (κ2) is 10.7. The first kappa shape index (κ1) is 27.0. The third kappa shape index (κ3) is 5.08. The van der Waals surface area contributed by atoms with Gasteiger partial charge in [0.1, 0.15) is 23.4 Å². The third-order valence-corrected chi connectivity index (χ3v) is 8.51. The molecule has 41 heavy (non-hydrogen) atoms. The number of nitrogens with zero attached hydrogens (tertiary/aromatic N) is 2. The van der Waals surface area contributed by atoms with Crippen molar-refractivity contribution >= 4 is 44.1 Å². The molecule has 0 saturated carbocycles. The Labute approximate surface area is 243 Å². The Hall–Kier alpha value is -4.17. The smallest absolute Gasteiger partial charge is 0.301 e. The Morgan fingerprint density at radius 1 is 1.15 bits per heavy atom. The number of ether oxygens (including phenoxy) is 2. The number of benzene rings is 3. The fraction of sp³-hybridized carbons (Fsp3) is 0.303. The summed E-state index contributed by atoms with van der Waals surface area (Å²) in [5.41, 5.74) is 3.92. The van der Waals surface area contributed by atoms with Crippen LogP contribution in [0.1, 0.15) is 55.5 Å². The maximum absolute atomic E-state index is 13.7. The first-order valence-corrected chi connectivity index (χ1v) is 14.7. The molecule has 6 rings (SSSR count). The van der Waals surface area contributed by atoms with Crippen molar-refractivity contribution in [2.75, 3.05) is 11.5 Å². The van der Waals surface area contributed by atoms with Crippen LogP contribution in [-0.2, 0) is 16.0 Å². The molecule has 1 aromatic heterocycles. The predicted molar refractivity (Wildman–Crippen MR) is 161 cm³/mol. The van der Waals surface area contributed by atoms with Gasteiger partial charge in [0, 0.05) is 12.0 Å². The number of amides is 1. The lowest BCUT2D eigenvalue weighted by molar-refractivity contribution is -0.132. The van der Waals surface area contributed by atoms with E-state index in [1.165, 1.54) is 16.2 Å². The largest absolute Gasteiger partial charge is 0.507 e. The second-order valence-electron chi connectivity index (χ2n) is 11.2. The number of hydrogen-bond acceptors (Lipinski definition) is 7. The Balaban J connectivity index is 1.48. The molecule has 0 radical (unpaired) electrons. The van der Waals surface area contributed by atoms with Gasteiger partial charge in [-0.1, -0.05) is 43.4 Å². The summed E-state index contributed by atoms with van der Waals surface area (Å²) < 4.78 is 12.8. The van der Waals surface area contributed by atoms with E-state index in [0.29, 0.717) is 41.0 Å². The number of ketones is 1. The summed E-state index contributed by atoms with van der Waals surface area (Å²) in [6.45, 7) is 8.81. The molecule has 2 aliphatic rings. The highest BCUT2D eigenvalue weighted by Crippen LogP contribution is 2.45. The highest BCUT2D eigenvalue weighted by atomic mass is 32.1. The van der Waals surface area contributed by atoms with Gasteiger partial charge in [0.25, 0.3) is 5.78 Å². The van der Waals surface area contributed by atoms with Crippen LogP contribution in [0.5, 0.6) is 11.5 Å². The van der Waals surface area contributed by atoms with Crippen LogP contribution < -0.4 is 14.4 Å². The van der Waals surface area contributed by atoms with E-state index in [0.717, 1.165) is 33.5 Å². The van der Waals surface area contributed by atoms with E-state index in [4.69, 9.17) is 14.5 Å². The Kier molecular flexibility index (Phi) is 7.03. The summed E-state index contributed by atoms with van der Waals surface area (Å²) >= 11 is 1.35. The molecule has 1 saturated heterocycles. The zero-order valence-corrected chi connectivity index (χ0v) is 24.3. The molecule has 1 amide bonds. The number of thiazole rings is 1. The predicted octanol–water partition coefficient (Wildman–Crippen LogP) is 6.98. The first-order valence-electron chi connectivity index (χ1n) is 13.9. The number of anilines is 1. The van der Waals surface area contributed by atoms with E-state index < -0.39 is 17.7 Å². The fourth-order valence-electron chi connectivity index (χ4n) is 5.38. The number of aromatic nitrogens is 1. The lowest BCUT2D eigenvalue weighted by atomic mass is 9.94. The number of aliphatic hydroxyl groups is 1. The van der Waals surface area contributed by atoms with E-state index in [2.05, 4.69) is 13.8 Å². The quantitative estimate of drug-likeness (QED) is 0.147. The van der Waals surface area contributed by atoms with Gasteiger partial charge in [0.05, 0.1) is 28.4 Å². The monoisotopic (exact) mass is 568 g/mol. The molecule has 0 unspecified atom stereocenters. The van der Waals surface area contributed by atoms with Gasteiger partial charge in [0.2, 0.25) is 0 Å². The molecule has 2 atom stereocenters. The minimum Gasteiger partial charge on any atom is -0.507 e. The second-order valence-corrected chi connectivity index (χ2v) is 12.2. The highest BCUT2D eigenvalue weighted by Gasteiger charge is 2.48. The summed E-state index contributed by atoms with van der Waals surface area (Å²) in [7, 11) is 0. The van der Waals surface area contributed by atoms with E-state index in [-0.39, 0.29) is 17.4 Å². The average molecular weight is 569 g/mol. The molecule has 0 aliphatic carbocycles. The van der Waals surface area contributed by atoms with Crippen molar-refractivity contribution in [3.05, 3.63) is 88.5 Å². The van der Waals surface area contributed by atoms with Crippen LogP contribution in [-0.4, -0.2) is 34.5 Å². The average Bonchev–Trinajstić information content (AvgIpc) is 3.60. The summed E-state index contributed by atoms with van der Waals surface area (Å²) in [4.78, 5) is 33.5. The van der Waals surface area contributed by atoms with Gasteiger partial charge < -0.3 is 14.6 Å². The molecule has 3 heterocycles. The number of carbonyl (C=O) groups is 2. The topological polar surface area (TPSA) is 89.0 Å². The van der Waals surface area contributed by atoms with Crippen molar-refractivity contribution in [1.82, 2.24) is 4.98 Å². The standard InChI is InChI=1S/C33H32N2O5S/c1-18(2)12-13-39-24-7-5-6-21(17-24)29-28(30(36)22-9-11-26-23(16-22)15-20(4)40-26)31(37)32(38)35(29)33-34-25-10-8-19(3)14-27(25)41-33/h5-11,14,16-18,20,29,36H,12-13,15H2,1-4H3/t20-,29+/m0/s1. The van der Waals surface area contributed by atoms with Crippen molar-refractivity contribution in [2.45, 2.75) is 52.7 Å². The summed E-state index contributed by atoms with van der Waals surface area (Å²) in [5.74, 6) is 0.199. The number of aryl methyl sites for hydroxylation is 1. The number of aliphatic hydroxyl groups excluding tert-OH is 1. The van der Waals surface area contributed by atoms with Crippen LogP contribution in [0.15, 0.2) is 66.2 Å². The molecule has 7 nitrogen and oxygen atoms in total. The molecule has 3 aromatic carbocycles. The van der Waals surface area contributed by atoms with E-state index in [1.54, 1.807) is 12.1 Å². The van der Waals surface area contributed by atoms with Crippen LogP contribution in [0.4, 0.5) is 5.13 Å². The van der Waals surface area contributed by atoms with E-state index in [9.17, 15) is 14.7 Å². The van der Waals surface area contributed by atoms with Gasteiger partial charge in [-0.15, -0.1) is 0 Å². The van der Waals surface area contributed by atoms with Gasteiger partial charge in [-0.2, -0.15) is 0 Å². The maximum atomic E-state index is 13.7. The molecular formula is C33H32N2O5S. The van der Waals surface area contributed by atoms with Crippen LogP contribution >= 0.6 is 11.3 Å². The molecule has 0 spiro atoms. The minimum atomic E-state index is -0.881. The molecule has 1 fully saturated rings. The van der Waals surface area contributed by atoms with E-state index >= 15 is 0 Å². The number of fused-ring (bicyclic) bond motifs is 2. The van der Waals surface area contributed by atoms with Gasteiger partial charge in [-0.05, 0) is 85.3 Å². The van der Waals surface area contributed by atoms with Crippen molar-refractivity contribution in [3.8, 4) is 11.5 Å². The number of rotatable bonds is 7. The van der Waals surface area contributed by atoms with Crippen molar-refractivity contribution in [3.63, 3.8) is 0 Å². The minimum absolute atomic E-state index is 0.0247. The Morgan fingerprint density at radius 3 is 2.78 bits per heavy atom.